The molecule has 22 heavy (non-hydrogen) atoms. The van der Waals surface area contributed by atoms with Crippen molar-refractivity contribution in [1.82, 2.24) is 10.6 Å². The molecule has 0 saturated carbocycles. The van der Waals surface area contributed by atoms with Gasteiger partial charge in [-0.3, -0.25) is 4.79 Å². The van der Waals surface area contributed by atoms with Gasteiger partial charge in [0.05, 0.1) is 0 Å². The number of hydrogen-bond donors (Lipinski definition) is 2. The van der Waals surface area contributed by atoms with Crippen LogP contribution in [-0.2, 0) is 10.2 Å². The summed E-state index contributed by atoms with van der Waals surface area (Å²) in [6, 6.07) is 9.27. The minimum atomic E-state index is 0.122. The van der Waals surface area contributed by atoms with E-state index >= 15 is 0 Å². The van der Waals surface area contributed by atoms with Gasteiger partial charge in [-0.15, -0.1) is 0 Å². The summed E-state index contributed by atoms with van der Waals surface area (Å²) in [7, 11) is 0. The minimum absolute atomic E-state index is 0.122. The zero-order valence-electron chi connectivity index (χ0n) is 15.0. The van der Waals surface area contributed by atoms with Gasteiger partial charge in [0.25, 0.3) is 0 Å². The quantitative estimate of drug-likeness (QED) is 0.801. The molecular weight excluding hydrogens is 272 g/mol. The van der Waals surface area contributed by atoms with Gasteiger partial charge in [0.2, 0.25) is 5.91 Å². The molecule has 2 unspecified atom stereocenters. The Morgan fingerprint density at radius 1 is 1.14 bits per heavy atom. The molecule has 124 valence electrons. The maximum Gasteiger partial charge on any atom is 0.221 e. The molecule has 0 aromatic heterocycles. The van der Waals surface area contributed by atoms with Crippen LogP contribution in [0.2, 0.25) is 0 Å². The molecule has 2 N–H and O–H groups in total. The number of nitrogens with one attached hydrogen (secondary N) is 2. The van der Waals surface area contributed by atoms with Crippen molar-refractivity contribution >= 4 is 5.91 Å². The largest absolute Gasteiger partial charge is 0.354 e. The number of rotatable bonds is 7. The van der Waals surface area contributed by atoms with Gasteiger partial charge in [-0.25, -0.2) is 0 Å². The Morgan fingerprint density at radius 2 is 1.73 bits per heavy atom. The van der Waals surface area contributed by atoms with Crippen molar-refractivity contribution < 1.29 is 4.79 Å². The molecule has 1 amide bonds. The first-order valence-electron chi connectivity index (χ1n) is 8.37. The second kappa shape index (κ2) is 8.33. The summed E-state index contributed by atoms with van der Waals surface area (Å²) >= 11 is 0. The third kappa shape index (κ3) is 6.18. The highest BCUT2D eigenvalue weighted by Crippen LogP contribution is 2.23. The van der Waals surface area contributed by atoms with E-state index in [2.05, 4.69) is 69.5 Å². The van der Waals surface area contributed by atoms with Crippen LogP contribution in [0.15, 0.2) is 24.3 Å². The van der Waals surface area contributed by atoms with Crippen molar-refractivity contribution in [3.05, 3.63) is 35.4 Å². The molecular formula is C19H32N2O. The predicted octanol–water partition coefficient (Wildman–Crippen LogP) is 3.94. The molecule has 0 bridgehead atoms. The van der Waals surface area contributed by atoms with Crippen LogP contribution in [0, 0.1) is 0 Å². The molecule has 0 aliphatic rings. The van der Waals surface area contributed by atoms with E-state index in [1.807, 2.05) is 6.92 Å². The Bertz CT molecular complexity index is 459. The summed E-state index contributed by atoms with van der Waals surface area (Å²) in [6.07, 6.45) is 1.49. The fraction of sp³-hybridized carbons (Fsp3) is 0.632. The standard InChI is InChI=1S/C19H32N2O/c1-7-14(2)21-18(22)12-13-20-15(3)16-8-10-17(11-9-16)19(4,5)6/h8-11,14-15,20H,7,12-13H2,1-6H3,(H,21,22). The van der Waals surface area contributed by atoms with Crippen LogP contribution in [0.25, 0.3) is 0 Å². The Balaban J connectivity index is 2.42. The Hall–Kier alpha value is -1.35. The highest BCUT2D eigenvalue weighted by molar-refractivity contribution is 5.76. The van der Waals surface area contributed by atoms with Gasteiger partial charge in [0, 0.05) is 25.0 Å². The van der Waals surface area contributed by atoms with E-state index in [0.717, 1.165) is 6.42 Å². The van der Waals surface area contributed by atoms with Crippen molar-refractivity contribution in [2.24, 2.45) is 0 Å². The molecule has 3 nitrogen and oxygen atoms in total. The van der Waals surface area contributed by atoms with Crippen molar-refractivity contribution in [3.63, 3.8) is 0 Å². The van der Waals surface area contributed by atoms with Gasteiger partial charge in [-0.05, 0) is 36.8 Å². The maximum absolute atomic E-state index is 11.7. The van der Waals surface area contributed by atoms with E-state index in [1.165, 1.54) is 11.1 Å². The average Bonchev–Trinajstić information content (AvgIpc) is 2.46. The third-order valence-electron chi connectivity index (χ3n) is 4.10. The lowest BCUT2D eigenvalue weighted by Gasteiger charge is -2.21. The van der Waals surface area contributed by atoms with Crippen LogP contribution in [0.3, 0.4) is 0 Å². The molecule has 0 fully saturated rings. The molecule has 1 rings (SSSR count). The Labute approximate surface area is 135 Å². The maximum atomic E-state index is 11.7. The molecule has 0 aliphatic heterocycles. The summed E-state index contributed by atoms with van der Waals surface area (Å²) < 4.78 is 0. The fourth-order valence-corrected chi connectivity index (χ4v) is 2.24. The molecule has 3 heteroatoms. The number of carbonyl (C=O) groups excluding carboxylic acids is 1. The normalized spacial score (nSPS) is 14.5. The monoisotopic (exact) mass is 304 g/mol. The molecule has 0 aliphatic carbocycles. The highest BCUT2D eigenvalue weighted by Gasteiger charge is 2.14. The van der Waals surface area contributed by atoms with Crippen molar-refractivity contribution in [3.8, 4) is 0 Å². The predicted molar refractivity (Wildman–Crippen MR) is 94.1 cm³/mol. The summed E-state index contributed by atoms with van der Waals surface area (Å²) in [5.74, 6) is 0.122. The van der Waals surface area contributed by atoms with E-state index in [-0.39, 0.29) is 23.4 Å². The topological polar surface area (TPSA) is 41.1 Å². The van der Waals surface area contributed by atoms with Crippen LogP contribution in [0.5, 0.6) is 0 Å². The van der Waals surface area contributed by atoms with Crippen LogP contribution in [0.4, 0.5) is 0 Å². The summed E-state index contributed by atoms with van der Waals surface area (Å²) in [6.45, 7) is 13.6. The second-order valence-corrected chi connectivity index (χ2v) is 7.17. The van der Waals surface area contributed by atoms with Gasteiger partial charge in [0.15, 0.2) is 0 Å². The van der Waals surface area contributed by atoms with Crippen LogP contribution in [0.1, 0.15) is 71.6 Å². The third-order valence-corrected chi connectivity index (χ3v) is 4.10. The Morgan fingerprint density at radius 3 is 2.23 bits per heavy atom. The number of hydrogen-bond acceptors (Lipinski definition) is 2. The summed E-state index contributed by atoms with van der Waals surface area (Å²) in [5.41, 5.74) is 2.79. The van der Waals surface area contributed by atoms with Crippen molar-refractivity contribution in [1.29, 1.82) is 0 Å². The van der Waals surface area contributed by atoms with Crippen molar-refractivity contribution in [2.75, 3.05) is 6.54 Å². The van der Waals surface area contributed by atoms with Crippen LogP contribution in [-0.4, -0.2) is 18.5 Å². The van der Waals surface area contributed by atoms with E-state index < -0.39 is 0 Å². The molecule has 0 spiro atoms. The van der Waals surface area contributed by atoms with Gasteiger partial charge in [-0.1, -0.05) is 52.0 Å². The molecule has 1 aromatic rings. The van der Waals surface area contributed by atoms with E-state index in [9.17, 15) is 4.79 Å². The zero-order chi connectivity index (χ0) is 16.8. The molecule has 0 saturated heterocycles. The first-order chi connectivity index (χ1) is 10.2. The lowest BCUT2D eigenvalue weighted by atomic mass is 9.86. The van der Waals surface area contributed by atoms with Gasteiger partial charge in [0.1, 0.15) is 0 Å². The smallest absolute Gasteiger partial charge is 0.221 e. The van der Waals surface area contributed by atoms with Gasteiger partial charge >= 0.3 is 0 Å². The molecule has 1 aromatic carbocycles. The summed E-state index contributed by atoms with van der Waals surface area (Å²) in [4.78, 5) is 11.7. The van der Waals surface area contributed by atoms with E-state index in [1.54, 1.807) is 0 Å². The van der Waals surface area contributed by atoms with Crippen LogP contribution >= 0.6 is 0 Å². The van der Waals surface area contributed by atoms with E-state index in [4.69, 9.17) is 0 Å². The lowest BCUT2D eigenvalue weighted by Crippen LogP contribution is -2.34. The Kier molecular flexibility index (Phi) is 7.08. The van der Waals surface area contributed by atoms with Crippen molar-refractivity contribution in [2.45, 2.75) is 71.9 Å². The first-order valence-corrected chi connectivity index (χ1v) is 8.37. The second-order valence-electron chi connectivity index (χ2n) is 7.17. The minimum Gasteiger partial charge on any atom is -0.354 e. The zero-order valence-corrected chi connectivity index (χ0v) is 15.0. The average molecular weight is 304 g/mol. The number of amides is 1. The highest BCUT2D eigenvalue weighted by atomic mass is 16.1. The van der Waals surface area contributed by atoms with E-state index in [0.29, 0.717) is 13.0 Å². The van der Waals surface area contributed by atoms with Gasteiger partial charge in [-0.2, -0.15) is 0 Å². The molecule has 0 heterocycles. The van der Waals surface area contributed by atoms with Gasteiger partial charge < -0.3 is 10.6 Å². The SMILES string of the molecule is CCC(C)NC(=O)CCNC(C)c1ccc(C(C)(C)C)cc1. The summed E-state index contributed by atoms with van der Waals surface area (Å²) in [5, 5.41) is 6.41. The lowest BCUT2D eigenvalue weighted by molar-refractivity contribution is -0.121. The first kappa shape index (κ1) is 18.7. The molecule has 2 atom stereocenters. The number of benzene rings is 1. The fourth-order valence-electron chi connectivity index (χ4n) is 2.24. The van der Waals surface area contributed by atoms with Crippen LogP contribution < -0.4 is 10.6 Å². The molecule has 0 radical (unpaired) electrons. The number of carbonyl (C=O) groups is 1.